The van der Waals surface area contributed by atoms with Gasteiger partial charge in [0.1, 0.15) is 11.5 Å². The fraction of sp³-hybridized carbons (Fsp3) is 0.381. The molecule has 2 aromatic carbocycles. The number of ether oxygens (including phenoxy) is 2. The Balaban J connectivity index is 1.44. The molecule has 0 aliphatic carbocycles. The molecule has 1 atom stereocenters. The van der Waals surface area contributed by atoms with E-state index in [1.165, 1.54) is 0 Å². The highest BCUT2D eigenvalue weighted by molar-refractivity contribution is 5.89. The number of methoxy groups -OCH3 is 1. The number of urea groups is 1. The normalized spacial score (nSPS) is 16.1. The number of hydrogen-bond acceptors (Lipinski definition) is 4. The van der Waals surface area contributed by atoms with Gasteiger partial charge in [-0.1, -0.05) is 6.07 Å². The van der Waals surface area contributed by atoms with Crippen LogP contribution in [0.15, 0.2) is 48.5 Å². The van der Waals surface area contributed by atoms with Gasteiger partial charge in [-0.2, -0.15) is 0 Å². The summed E-state index contributed by atoms with van der Waals surface area (Å²) >= 11 is 0. The lowest BCUT2D eigenvalue weighted by molar-refractivity contribution is 0.250. The lowest BCUT2D eigenvalue weighted by Crippen LogP contribution is -2.34. The molecule has 27 heavy (non-hydrogen) atoms. The fourth-order valence-electron chi connectivity index (χ4n) is 3.25. The highest BCUT2D eigenvalue weighted by Gasteiger charge is 2.23. The molecule has 0 aromatic heterocycles. The summed E-state index contributed by atoms with van der Waals surface area (Å²) in [4.78, 5) is 14.5. The van der Waals surface area contributed by atoms with Gasteiger partial charge in [-0.3, -0.25) is 0 Å². The third kappa shape index (κ3) is 5.29. The van der Waals surface area contributed by atoms with Crippen molar-refractivity contribution in [1.82, 2.24) is 5.32 Å². The zero-order chi connectivity index (χ0) is 19.1. The number of anilines is 2. The van der Waals surface area contributed by atoms with Crippen LogP contribution in [0.1, 0.15) is 13.3 Å². The first kappa shape index (κ1) is 18.9. The lowest BCUT2D eigenvalue weighted by Gasteiger charge is -2.19. The third-order valence-corrected chi connectivity index (χ3v) is 4.68. The molecule has 3 rings (SSSR count). The Hall–Kier alpha value is -2.89. The van der Waals surface area contributed by atoms with Gasteiger partial charge in [0.15, 0.2) is 0 Å². The maximum atomic E-state index is 12.1. The number of nitrogens with one attached hydrogen (secondary N) is 2. The van der Waals surface area contributed by atoms with Gasteiger partial charge in [0.2, 0.25) is 0 Å². The molecular weight excluding hydrogens is 342 g/mol. The molecule has 1 unspecified atom stereocenters. The first-order valence-electron chi connectivity index (χ1n) is 9.34. The van der Waals surface area contributed by atoms with Gasteiger partial charge in [-0.25, -0.2) is 4.79 Å². The predicted octanol–water partition coefficient (Wildman–Crippen LogP) is 3.74. The predicted molar refractivity (Wildman–Crippen MR) is 108 cm³/mol. The van der Waals surface area contributed by atoms with E-state index in [0.717, 1.165) is 42.4 Å². The second-order valence-corrected chi connectivity index (χ2v) is 6.59. The Kier molecular flexibility index (Phi) is 6.41. The van der Waals surface area contributed by atoms with Gasteiger partial charge in [-0.15, -0.1) is 0 Å². The molecule has 1 aliphatic rings. The average Bonchev–Trinajstić information content (AvgIpc) is 3.17. The van der Waals surface area contributed by atoms with Gasteiger partial charge in [0, 0.05) is 37.1 Å². The minimum Gasteiger partial charge on any atom is -0.497 e. The van der Waals surface area contributed by atoms with Crippen molar-refractivity contribution in [2.75, 3.05) is 43.6 Å². The number of carbonyl (C=O) groups is 1. The van der Waals surface area contributed by atoms with Crippen LogP contribution in [0.4, 0.5) is 16.2 Å². The van der Waals surface area contributed by atoms with Crippen LogP contribution in [0.5, 0.6) is 11.5 Å². The third-order valence-electron chi connectivity index (χ3n) is 4.68. The number of hydrogen-bond donors (Lipinski definition) is 2. The van der Waals surface area contributed by atoms with Gasteiger partial charge in [-0.05, 0) is 55.7 Å². The smallest absolute Gasteiger partial charge is 0.319 e. The van der Waals surface area contributed by atoms with E-state index in [-0.39, 0.29) is 6.03 Å². The summed E-state index contributed by atoms with van der Waals surface area (Å²) in [5, 5.41) is 5.83. The van der Waals surface area contributed by atoms with Gasteiger partial charge in [0.25, 0.3) is 0 Å². The summed E-state index contributed by atoms with van der Waals surface area (Å²) in [6.45, 7) is 5.14. The Morgan fingerprint density at radius 3 is 2.74 bits per heavy atom. The number of amides is 2. The molecule has 0 radical (unpaired) electrons. The van der Waals surface area contributed by atoms with E-state index in [1.54, 1.807) is 7.11 Å². The fourth-order valence-corrected chi connectivity index (χ4v) is 3.25. The number of benzene rings is 2. The summed E-state index contributed by atoms with van der Waals surface area (Å²) in [6.07, 6.45) is 1.06. The number of carbonyl (C=O) groups excluding carboxylic acids is 1. The second kappa shape index (κ2) is 9.16. The van der Waals surface area contributed by atoms with Crippen LogP contribution >= 0.6 is 0 Å². The van der Waals surface area contributed by atoms with Crippen molar-refractivity contribution >= 4 is 17.4 Å². The van der Waals surface area contributed by atoms with E-state index in [2.05, 4.69) is 27.7 Å². The van der Waals surface area contributed by atoms with Crippen LogP contribution in [-0.2, 0) is 0 Å². The molecule has 1 fully saturated rings. The molecule has 1 saturated heterocycles. The maximum absolute atomic E-state index is 12.1. The standard InChI is InChI=1S/C21H27N3O3/c1-3-27-19-9-7-17(8-10-19)23-21(25)22-14-16-11-12-24(15-16)18-5-4-6-20(13-18)26-2/h4-10,13,16H,3,11-12,14-15H2,1-2H3,(H2,22,23,25). The van der Waals surface area contributed by atoms with Crippen molar-refractivity contribution in [3.8, 4) is 11.5 Å². The van der Waals surface area contributed by atoms with Crippen molar-refractivity contribution in [2.45, 2.75) is 13.3 Å². The minimum absolute atomic E-state index is 0.181. The van der Waals surface area contributed by atoms with Gasteiger partial charge in [0.05, 0.1) is 13.7 Å². The first-order chi connectivity index (χ1) is 13.2. The Morgan fingerprint density at radius 1 is 1.19 bits per heavy atom. The molecule has 2 amide bonds. The van der Waals surface area contributed by atoms with E-state index in [9.17, 15) is 4.79 Å². The molecule has 2 aromatic rings. The van der Waals surface area contributed by atoms with E-state index >= 15 is 0 Å². The van der Waals surface area contributed by atoms with Crippen LogP contribution in [0, 0.1) is 5.92 Å². The van der Waals surface area contributed by atoms with E-state index in [0.29, 0.717) is 19.1 Å². The Morgan fingerprint density at radius 2 is 2.00 bits per heavy atom. The number of nitrogens with zero attached hydrogens (tertiary/aromatic N) is 1. The summed E-state index contributed by atoms with van der Waals surface area (Å²) in [5.41, 5.74) is 1.91. The molecule has 0 spiro atoms. The van der Waals surface area contributed by atoms with Gasteiger partial charge < -0.3 is 25.0 Å². The number of rotatable bonds is 7. The maximum Gasteiger partial charge on any atom is 0.319 e. The quantitative estimate of drug-likeness (QED) is 0.780. The topological polar surface area (TPSA) is 62.8 Å². The molecule has 0 bridgehead atoms. The van der Waals surface area contributed by atoms with Crippen LogP contribution in [-0.4, -0.2) is 39.4 Å². The van der Waals surface area contributed by atoms with E-state index in [1.807, 2.05) is 43.3 Å². The SMILES string of the molecule is CCOc1ccc(NC(=O)NCC2CCN(c3cccc(OC)c3)C2)cc1. The highest BCUT2D eigenvalue weighted by Crippen LogP contribution is 2.26. The molecular formula is C21H27N3O3. The first-order valence-corrected chi connectivity index (χ1v) is 9.34. The molecule has 2 N–H and O–H groups in total. The van der Waals surface area contributed by atoms with Crippen molar-refractivity contribution in [3.63, 3.8) is 0 Å². The Bertz CT molecular complexity index is 749. The van der Waals surface area contributed by atoms with Crippen LogP contribution in [0.3, 0.4) is 0 Å². The zero-order valence-corrected chi connectivity index (χ0v) is 15.9. The van der Waals surface area contributed by atoms with Crippen LogP contribution < -0.4 is 25.0 Å². The molecule has 6 nitrogen and oxygen atoms in total. The van der Waals surface area contributed by atoms with Crippen molar-refractivity contribution in [2.24, 2.45) is 5.92 Å². The van der Waals surface area contributed by atoms with E-state index < -0.39 is 0 Å². The summed E-state index contributed by atoms with van der Waals surface area (Å²) < 4.78 is 10.7. The summed E-state index contributed by atoms with van der Waals surface area (Å²) in [7, 11) is 1.68. The summed E-state index contributed by atoms with van der Waals surface area (Å²) in [5.74, 6) is 2.10. The van der Waals surface area contributed by atoms with Crippen molar-refractivity contribution < 1.29 is 14.3 Å². The van der Waals surface area contributed by atoms with Gasteiger partial charge >= 0.3 is 6.03 Å². The Labute approximate surface area is 160 Å². The molecule has 0 saturated carbocycles. The molecule has 6 heteroatoms. The minimum atomic E-state index is -0.181. The highest BCUT2D eigenvalue weighted by atomic mass is 16.5. The van der Waals surface area contributed by atoms with Crippen molar-refractivity contribution in [3.05, 3.63) is 48.5 Å². The second-order valence-electron chi connectivity index (χ2n) is 6.59. The van der Waals surface area contributed by atoms with Crippen LogP contribution in [0.25, 0.3) is 0 Å². The van der Waals surface area contributed by atoms with Crippen molar-refractivity contribution in [1.29, 1.82) is 0 Å². The molecule has 1 heterocycles. The largest absolute Gasteiger partial charge is 0.497 e. The lowest BCUT2D eigenvalue weighted by atomic mass is 10.1. The van der Waals surface area contributed by atoms with Crippen LogP contribution in [0.2, 0.25) is 0 Å². The zero-order valence-electron chi connectivity index (χ0n) is 15.9. The van der Waals surface area contributed by atoms with E-state index in [4.69, 9.17) is 9.47 Å². The molecule has 1 aliphatic heterocycles. The monoisotopic (exact) mass is 369 g/mol. The molecule has 144 valence electrons. The summed E-state index contributed by atoms with van der Waals surface area (Å²) in [6, 6.07) is 15.3. The average molecular weight is 369 g/mol.